The van der Waals surface area contributed by atoms with E-state index in [1.54, 1.807) is 73.1 Å². The molecule has 0 radical (unpaired) electrons. The second-order valence-corrected chi connectivity index (χ2v) is 23.4. The molecule has 0 spiro atoms. The molecule has 400 valence electrons. The molecule has 0 unspecified atom stereocenters. The number of carbonyl (C=O) groups is 2. The van der Waals surface area contributed by atoms with Crippen molar-refractivity contribution in [3.05, 3.63) is 167 Å². The Morgan fingerprint density at radius 3 is 1.40 bits per heavy atom. The van der Waals surface area contributed by atoms with Crippen molar-refractivity contribution in [2.45, 2.75) is 123 Å². The summed E-state index contributed by atoms with van der Waals surface area (Å²) >= 11 is 0. The molecule has 0 saturated heterocycles. The number of fused-ring (bicyclic) bond motifs is 10. The molecule has 12 rings (SSSR count). The van der Waals surface area contributed by atoms with E-state index in [9.17, 15) is 52.0 Å². The highest BCUT2D eigenvalue weighted by Crippen LogP contribution is 2.49. The number of carboxylic acids is 1. The fraction of sp³-hybridized carbons (Fsp3) is 0.310. The van der Waals surface area contributed by atoms with Gasteiger partial charge in [-0.1, -0.05) is 87.1 Å². The molecular weight excluding hydrogens is 1020 g/mol. The average molecular weight is 1080 g/mol. The van der Waals surface area contributed by atoms with Crippen LogP contribution in [-0.4, -0.2) is 85.6 Å². The third-order valence-corrected chi connectivity index (χ3v) is 17.6. The zero-order chi connectivity index (χ0) is 54.2. The molecule has 8 aromatic rings. The smallest absolute Gasteiger partial charge is 0.335 e. The Morgan fingerprint density at radius 1 is 0.545 bits per heavy atom. The van der Waals surface area contributed by atoms with Gasteiger partial charge in [0.1, 0.15) is 24.4 Å². The number of rotatable bonds is 7. The lowest BCUT2D eigenvalue weighted by Crippen LogP contribution is -2.30. The van der Waals surface area contributed by atoms with Gasteiger partial charge >= 0.3 is 5.97 Å². The Balaban J connectivity index is 0.000000152. The van der Waals surface area contributed by atoms with Gasteiger partial charge < -0.3 is 34.7 Å². The number of primary sulfonamides is 1. The van der Waals surface area contributed by atoms with Gasteiger partial charge in [-0.15, -0.1) is 0 Å². The lowest BCUT2D eigenvalue weighted by atomic mass is 9.81. The molecule has 17 nitrogen and oxygen atoms in total. The molecule has 2 saturated carbocycles. The van der Waals surface area contributed by atoms with Gasteiger partial charge in [0.25, 0.3) is 15.9 Å². The number of carbonyl (C=O) groups excluding carboxylic acids is 1. The molecule has 4 aromatic heterocycles. The number of benzene rings is 4. The number of aliphatic hydroxyl groups excluding tert-OH is 4. The predicted molar refractivity (Wildman–Crippen MR) is 290 cm³/mol. The number of amides is 1. The number of hydrogen-bond donors (Lipinski definition) is 7. The molecule has 4 aliphatic rings. The maximum atomic E-state index is 13.1. The van der Waals surface area contributed by atoms with Crippen LogP contribution in [-0.2, 0) is 33.1 Å². The third kappa shape index (κ3) is 10.7. The van der Waals surface area contributed by atoms with Gasteiger partial charge in [0.05, 0.1) is 51.2 Å². The van der Waals surface area contributed by atoms with E-state index in [1.807, 2.05) is 45.5 Å². The summed E-state index contributed by atoms with van der Waals surface area (Å²) in [6.45, 7) is 0.308. The molecule has 4 aromatic carbocycles. The Kier molecular flexibility index (Phi) is 15.3. The Morgan fingerprint density at radius 2 is 0.974 bits per heavy atom. The number of pyridine rings is 2. The molecule has 2 aliphatic heterocycles. The first kappa shape index (κ1) is 53.3. The van der Waals surface area contributed by atoms with E-state index < -0.39 is 56.3 Å². The maximum absolute atomic E-state index is 13.1. The molecule has 1 amide bonds. The molecule has 8 N–H and O–H groups in total. The summed E-state index contributed by atoms with van der Waals surface area (Å²) in [5, 5.41) is 59.5. The summed E-state index contributed by atoms with van der Waals surface area (Å²) in [6.07, 6.45) is 10.2. The Labute approximate surface area is 445 Å². The highest BCUT2D eigenvalue weighted by atomic mass is 32.2. The van der Waals surface area contributed by atoms with Gasteiger partial charge in [0.15, 0.2) is 0 Å². The standard InChI is InChI=1S/C29H29N3O5S.C23H24N2O4.C6H7NO2S/c33-24-17-32-23-16-19(29(35)31-38(36,37)20-10-5-2-6-11-20)13-14-21(23)25(18-8-3-1-4-9-18)27(32)22-12-7-15-30-26(22)28(24)34;26-18-12-25-17-11-14(23(28)29)8-9-15(17)19(13-5-2-1-3-6-13)21(25)16-7-4-10-24-20(16)22(18)27;7-10(8,9)6-4-2-1-3-5-6/h2,5-7,10-16,18,24,28,33-34H,1,3-4,8-9,17H2,(H,31,35);4,7-11,13,18,22,26-27H,1-3,5-6,12H2,(H,28,29);1-5H,(H2,7,8,9)/t24-,28-;18-,22-;/m11./s1. The van der Waals surface area contributed by atoms with E-state index in [-0.39, 0.29) is 34.0 Å². The molecule has 19 heteroatoms. The van der Waals surface area contributed by atoms with Crippen LogP contribution in [0.5, 0.6) is 0 Å². The molecule has 0 bridgehead atoms. The zero-order valence-corrected chi connectivity index (χ0v) is 43.7. The van der Waals surface area contributed by atoms with Gasteiger partial charge in [0.2, 0.25) is 10.0 Å². The molecule has 2 aliphatic carbocycles. The number of hydrogen-bond acceptors (Lipinski definition) is 12. The summed E-state index contributed by atoms with van der Waals surface area (Å²) in [5.74, 6) is -1.04. The van der Waals surface area contributed by atoms with E-state index >= 15 is 0 Å². The number of aromatic carboxylic acids is 1. The topological polar surface area (TPSA) is 277 Å². The van der Waals surface area contributed by atoms with Crippen LogP contribution >= 0.6 is 0 Å². The lowest BCUT2D eigenvalue weighted by Gasteiger charge is -2.23. The van der Waals surface area contributed by atoms with Crippen molar-refractivity contribution >= 4 is 53.7 Å². The third-order valence-electron chi connectivity index (χ3n) is 15.3. The molecule has 77 heavy (non-hydrogen) atoms. The number of nitrogens with zero attached hydrogens (tertiary/aromatic N) is 4. The number of nitrogens with two attached hydrogens (primary N) is 1. The number of carboxylic acid groups (broad SMARTS) is 1. The van der Waals surface area contributed by atoms with Crippen LogP contribution < -0.4 is 9.86 Å². The minimum atomic E-state index is -4.04. The summed E-state index contributed by atoms with van der Waals surface area (Å²) in [7, 11) is -7.54. The van der Waals surface area contributed by atoms with Crippen molar-refractivity contribution < 1.29 is 52.0 Å². The SMILES string of the molecule is NS(=O)(=O)c1ccccc1.O=C(NS(=O)(=O)c1ccccc1)c1ccc2c(C3CCCCC3)c3n(c2c1)C[C@@H](O)[C@@H](O)c1ncccc1-3.O=C(O)c1ccc2c(C3CCCCC3)c3n(c2c1)C[C@@H](O)[C@@H](O)c1ncccc1-3. The molecular formula is C58H60N6O11S2. The summed E-state index contributed by atoms with van der Waals surface area (Å²) in [4.78, 5) is 33.7. The first-order valence-corrected chi connectivity index (χ1v) is 28.9. The molecule has 6 heterocycles. The van der Waals surface area contributed by atoms with Crippen LogP contribution in [0.3, 0.4) is 0 Å². The van der Waals surface area contributed by atoms with Crippen LogP contribution in [0.15, 0.2) is 144 Å². The van der Waals surface area contributed by atoms with E-state index in [2.05, 4.69) is 14.7 Å². The fourth-order valence-electron chi connectivity index (χ4n) is 11.7. The van der Waals surface area contributed by atoms with Gasteiger partial charge in [0, 0.05) is 50.9 Å². The van der Waals surface area contributed by atoms with Gasteiger partial charge in [-0.2, -0.15) is 0 Å². The minimum absolute atomic E-state index is 0.00628. The van der Waals surface area contributed by atoms with Gasteiger partial charge in [-0.05, 0) is 121 Å². The van der Waals surface area contributed by atoms with Crippen molar-refractivity contribution in [1.82, 2.24) is 23.8 Å². The predicted octanol–water partition coefficient (Wildman–Crippen LogP) is 8.47. The highest BCUT2D eigenvalue weighted by molar-refractivity contribution is 7.90. The number of aromatic nitrogens is 4. The van der Waals surface area contributed by atoms with Crippen LogP contribution in [0.2, 0.25) is 0 Å². The normalized spacial score (nSPS) is 19.6. The molecule has 4 atom stereocenters. The van der Waals surface area contributed by atoms with Gasteiger partial charge in [-0.25, -0.2) is 31.5 Å². The minimum Gasteiger partial charge on any atom is -0.478 e. The second kappa shape index (κ2) is 22.1. The van der Waals surface area contributed by atoms with E-state index in [4.69, 9.17) is 5.14 Å². The van der Waals surface area contributed by atoms with Crippen LogP contribution in [0, 0.1) is 0 Å². The number of aliphatic hydroxyl groups is 4. The van der Waals surface area contributed by atoms with E-state index in [1.165, 1.54) is 55.5 Å². The summed E-state index contributed by atoms with van der Waals surface area (Å²) in [6, 6.07) is 33.6. The lowest BCUT2D eigenvalue weighted by molar-refractivity contribution is 0.00882. The second-order valence-electron chi connectivity index (χ2n) is 20.2. The van der Waals surface area contributed by atoms with Crippen molar-refractivity contribution in [1.29, 1.82) is 0 Å². The van der Waals surface area contributed by atoms with Crippen molar-refractivity contribution in [2.24, 2.45) is 5.14 Å². The van der Waals surface area contributed by atoms with Crippen molar-refractivity contribution in [3.63, 3.8) is 0 Å². The molecule has 2 fully saturated rings. The largest absolute Gasteiger partial charge is 0.478 e. The van der Waals surface area contributed by atoms with Crippen molar-refractivity contribution in [3.8, 4) is 22.5 Å². The highest BCUT2D eigenvalue weighted by Gasteiger charge is 2.37. The van der Waals surface area contributed by atoms with Crippen molar-refractivity contribution in [2.75, 3.05) is 0 Å². The quantitative estimate of drug-likeness (QED) is 0.0790. The number of nitrogens with one attached hydrogen (secondary N) is 1. The first-order chi connectivity index (χ1) is 37.0. The summed E-state index contributed by atoms with van der Waals surface area (Å²) < 4.78 is 52.9. The Bertz CT molecular complexity index is 3720. The average Bonchev–Trinajstić information content (AvgIpc) is 4.05. The Hall–Kier alpha value is -7.10. The van der Waals surface area contributed by atoms with Crippen LogP contribution in [0.25, 0.3) is 44.3 Å². The van der Waals surface area contributed by atoms with E-state index in [0.29, 0.717) is 28.7 Å². The zero-order valence-electron chi connectivity index (χ0n) is 42.0. The maximum Gasteiger partial charge on any atom is 0.335 e. The fourth-order valence-corrected chi connectivity index (χ4v) is 13.2. The number of sulfonamides is 2. The van der Waals surface area contributed by atoms with Gasteiger partial charge in [-0.3, -0.25) is 14.8 Å². The summed E-state index contributed by atoms with van der Waals surface area (Å²) in [5.41, 5.74) is 8.65. The monoisotopic (exact) mass is 1080 g/mol. The van der Waals surface area contributed by atoms with Crippen LogP contribution in [0.1, 0.15) is 131 Å². The first-order valence-electron chi connectivity index (χ1n) is 25.9. The van der Waals surface area contributed by atoms with Crippen LogP contribution in [0.4, 0.5) is 0 Å². The van der Waals surface area contributed by atoms with E-state index in [0.717, 1.165) is 82.9 Å².